The fourth-order valence-corrected chi connectivity index (χ4v) is 2.38. The van der Waals surface area contributed by atoms with Crippen LogP contribution in [0.4, 0.5) is 4.79 Å². The molecular weight excluding hydrogens is 254 g/mol. The highest BCUT2D eigenvalue weighted by atomic mass is 16.6. The third-order valence-corrected chi connectivity index (χ3v) is 3.31. The van der Waals surface area contributed by atoms with Crippen molar-refractivity contribution in [3.8, 4) is 5.75 Å². The molecule has 4 heteroatoms. The van der Waals surface area contributed by atoms with E-state index in [1.165, 1.54) is 11.1 Å². The Hall–Kier alpha value is -1.71. The first-order chi connectivity index (χ1) is 9.31. The van der Waals surface area contributed by atoms with Gasteiger partial charge < -0.3 is 9.47 Å². The number of amides is 1. The molecule has 0 radical (unpaired) electrons. The van der Waals surface area contributed by atoms with Gasteiger partial charge in [-0.05, 0) is 57.4 Å². The fourth-order valence-electron chi connectivity index (χ4n) is 2.38. The van der Waals surface area contributed by atoms with Gasteiger partial charge in [0.2, 0.25) is 0 Å². The van der Waals surface area contributed by atoms with Gasteiger partial charge in [-0.25, -0.2) is 4.79 Å². The summed E-state index contributed by atoms with van der Waals surface area (Å²) in [6.07, 6.45) is -0.258. The molecule has 1 aliphatic rings. The minimum atomic E-state index is -0.461. The van der Waals surface area contributed by atoms with Gasteiger partial charge in [0.05, 0.1) is 13.2 Å². The van der Waals surface area contributed by atoms with Crippen molar-refractivity contribution in [3.05, 3.63) is 28.8 Å². The molecule has 0 fully saturated rings. The van der Waals surface area contributed by atoms with Crippen LogP contribution < -0.4 is 4.74 Å². The summed E-state index contributed by atoms with van der Waals surface area (Å²) >= 11 is 0. The monoisotopic (exact) mass is 277 g/mol. The Balaban J connectivity index is 2.15. The summed E-state index contributed by atoms with van der Waals surface area (Å²) in [7, 11) is 0. The summed E-state index contributed by atoms with van der Waals surface area (Å²) in [6.45, 7) is 11.5. The van der Waals surface area contributed by atoms with E-state index in [1.54, 1.807) is 4.90 Å². The van der Waals surface area contributed by atoms with Crippen molar-refractivity contribution in [2.24, 2.45) is 0 Å². The molecule has 4 nitrogen and oxygen atoms in total. The lowest BCUT2D eigenvalue weighted by Crippen LogP contribution is -2.33. The zero-order chi connectivity index (χ0) is 14.9. The molecule has 1 aromatic carbocycles. The maximum atomic E-state index is 12.1. The van der Waals surface area contributed by atoms with Crippen molar-refractivity contribution in [1.82, 2.24) is 4.90 Å². The zero-order valence-corrected chi connectivity index (χ0v) is 12.9. The second-order valence-electron chi connectivity index (χ2n) is 6.10. The van der Waals surface area contributed by atoms with Gasteiger partial charge in [-0.15, -0.1) is 0 Å². The molecule has 1 aliphatic heterocycles. The molecule has 0 saturated carbocycles. The molecule has 1 aromatic rings. The molecule has 0 aromatic heterocycles. The van der Waals surface area contributed by atoms with E-state index < -0.39 is 5.60 Å². The molecule has 0 saturated heterocycles. The SMILES string of the molecule is CCOc1ccc2c(c1C)CN(C(=O)OC(C)(C)C)C2. The summed E-state index contributed by atoms with van der Waals surface area (Å²) < 4.78 is 11.0. The fraction of sp³-hybridized carbons (Fsp3) is 0.562. The molecule has 0 bridgehead atoms. The number of carbonyl (C=O) groups is 1. The second-order valence-corrected chi connectivity index (χ2v) is 6.10. The van der Waals surface area contributed by atoms with E-state index in [2.05, 4.69) is 0 Å². The van der Waals surface area contributed by atoms with Gasteiger partial charge in [0.25, 0.3) is 0 Å². The molecule has 0 aliphatic carbocycles. The first-order valence-corrected chi connectivity index (χ1v) is 7.04. The lowest BCUT2D eigenvalue weighted by atomic mass is 10.0. The van der Waals surface area contributed by atoms with Crippen LogP contribution >= 0.6 is 0 Å². The van der Waals surface area contributed by atoms with E-state index in [1.807, 2.05) is 46.8 Å². The summed E-state index contributed by atoms with van der Waals surface area (Å²) in [4.78, 5) is 13.9. The Kier molecular flexibility index (Phi) is 3.93. The van der Waals surface area contributed by atoms with E-state index in [9.17, 15) is 4.79 Å². The Labute approximate surface area is 120 Å². The molecule has 0 spiro atoms. The summed E-state index contributed by atoms with van der Waals surface area (Å²) in [6, 6.07) is 4.02. The lowest BCUT2D eigenvalue weighted by Gasteiger charge is -2.24. The summed E-state index contributed by atoms with van der Waals surface area (Å²) in [5.41, 5.74) is 3.02. The minimum Gasteiger partial charge on any atom is -0.494 e. The number of benzene rings is 1. The first kappa shape index (κ1) is 14.7. The summed E-state index contributed by atoms with van der Waals surface area (Å²) in [5.74, 6) is 0.900. The predicted octanol–water partition coefficient (Wildman–Crippen LogP) is 3.64. The third-order valence-electron chi connectivity index (χ3n) is 3.31. The number of ether oxygens (including phenoxy) is 2. The van der Waals surface area contributed by atoms with Gasteiger partial charge in [-0.2, -0.15) is 0 Å². The number of fused-ring (bicyclic) bond motifs is 1. The van der Waals surface area contributed by atoms with Gasteiger partial charge in [-0.1, -0.05) is 6.07 Å². The second kappa shape index (κ2) is 5.35. The quantitative estimate of drug-likeness (QED) is 0.828. The predicted molar refractivity (Wildman–Crippen MR) is 77.8 cm³/mol. The molecule has 2 rings (SSSR count). The number of nitrogens with zero attached hydrogens (tertiary/aromatic N) is 1. The van der Waals surface area contributed by atoms with Crippen LogP contribution in [0.15, 0.2) is 12.1 Å². The minimum absolute atomic E-state index is 0.258. The van der Waals surface area contributed by atoms with E-state index in [0.717, 1.165) is 11.3 Å². The van der Waals surface area contributed by atoms with Gasteiger partial charge in [0, 0.05) is 6.54 Å². The highest BCUT2D eigenvalue weighted by molar-refractivity contribution is 5.69. The Morgan fingerprint density at radius 2 is 2.00 bits per heavy atom. The number of carbonyl (C=O) groups excluding carboxylic acids is 1. The molecule has 0 N–H and O–H groups in total. The largest absolute Gasteiger partial charge is 0.494 e. The Morgan fingerprint density at radius 1 is 1.30 bits per heavy atom. The van der Waals surface area contributed by atoms with Crippen molar-refractivity contribution in [1.29, 1.82) is 0 Å². The van der Waals surface area contributed by atoms with Gasteiger partial charge in [0.1, 0.15) is 11.4 Å². The highest BCUT2D eigenvalue weighted by Crippen LogP contribution is 2.32. The van der Waals surface area contributed by atoms with Crippen molar-refractivity contribution < 1.29 is 14.3 Å². The number of rotatable bonds is 2. The number of hydrogen-bond donors (Lipinski definition) is 0. The van der Waals surface area contributed by atoms with Crippen LogP contribution in [0.1, 0.15) is 44.4 Å². The molecule has 110 valence electrons. The van der Waals surface area contributed by atoms with Crippen molar-refractivity contribution >= 4 is 6.09 Å². The van der Waals surface area contributed by atoms with E-state index in [-0.39, 0.29) is 6.09 Å². The Morgan fingerprint density at radius 3 is 2.60 bits per heavy atom. The third kappa shape index (κ3) is 3.06. The van der Waals surface area contributed by atoms with Crippen LogP contribution in [0.3, 0.4) is 0 Å². The average Bonchev–Trinajstić information content (AvgIpc) is 2.76. The average molecular weight is 277 g/mol. The van der Waals surface area contributed by atoms with Crippen molar-refractivity contribution in [2.45, 2.75) is 53.3 Å². The van der Waals surface area contributed by atoms with E-state index >= 15 is 0 Å². The highest BCUT2D eigenvalue weighted by Gasteiger charge is 2.29. The topological polar surface area (TPSA) is 38.8 Å². The van der Waals surface area contributed by atoms with Crippen LogP contribution in [-0.2, 0) is 17.8 Å². The van der Waals surface area contributed by atoms with Crippen molar-refractivity contribution in [2.75, 3.05) is 6.61 Å². The van der Waals surface area contributed by atoms with Gasteiger partial charge >= 0.3 is 6.09 Å². The maximum Gasteiger partial charge on any atom is 0.410 e. The molecule has 0 unspecified atom stereocenters. The van der Waals surface area contributed by atoms with Crippen LogP contribution in [0.2, 0.25) is 0 Å². The normalized spacial score (nSPS) is 14.2. The molecule has 20 heavy (non-hydrogen) atoms. The zero-order valence-electron chi connectivity index (χ0n) is 12.9. The first-order valence-electron chi connectivity index (χ1n) is 7.04. The number of hydrogen-bond acceptors (Lipinski definition) is 3. The van der Waals surface area contributed by atoms with Crippen LogP contribution in [0.5, 0.6) is 5.75 Å². The maximum absolute atomic E-state index is 12.1. The van der Waals surface area contributed by atoms with Crippen LogP contribution in [0.25, 0.3) is 0 Å². The van der Waals surface area contributed by atoms with E-state index in [0.29, 0.717) is 19.7 Å². The van der Waals surface area contributed by atoms with Crippen LogP contribution in [0, 0.1) is 6.92 Å². The molecular formula is C16H23NO3. The standard InChI is InChI=1S/C16H23NO3/c1-6-19-14-8-7-12-9-17(10-13(12)11(14)2)15(18)20-16(3,4)5/h7-8H,6,9-10H2,1-5H3. The smallest absolute Gasteiger partial charge is 0.410 e. The van der Waals surface area contributed by atoms with Gasteiger partial charge in [0.15, 0.2) is 0 Å². The molecule has 0 atom stereocenters. The molecule has 1 amide bonds. The van der Waals surface area contributed by atoms with Crippen molar-refractivity contribution in [3.63, 3.8) is 0 Å². The van der Waals surface area contributed by atoms with Gasteiger partial charge in [-0.3, -0.25) is 4.90 Å². The Bertz CT molecular complexity index is 517. The van der Waals surface area contributed by atoms with Crippen LogP contribution in [-0.4, -0.2) is 23.2 Å². The lowest BCUT2D eigenvalue weighted by molar-refractivity contribution is 0.0241. The molecule has 1 heterocycles. The van der Waals surface area contributed by atoms with E-state index in [4.69, 9.17) is 9.47 Å². The summed E-state index contributed by atoms with van der Waals surface area (Å²) in [5, 5.41) is 0.